The summed E-state index contributed by atoms with van der Waals surface area (Å²) in [5.74, 6) is 1.77. The van der Waals surface area contributed by atoms with Gasteiger partial charge in [0.15, 0.2) is 5.82 Å². The summed E-state index contributed by atoms with van der Waals surface area (Å²) < 4.78 is 10.6. The number of aryl methyl sites for hydroxylation is 2. The van der Waals surface area contributed by atoms with Gasteiger partial charge in [0.1, 0.15) is 5.60 Å². The highest BCUT2D eigenvalue weighted by Gasteiger charge is 2.42. The van der Waals surface area contributed by atoms with Crippen molar-refractivity contribution in [3.8, 4) is 0 Å². The molecule has 2 aliphatic rings. The van der Waals surface area contributed by atoms with Crippen molar-refractivity contribution in [2.24, 2.45) is 5.92 Å². The minimum absolute atomic E-state index is 0.0659. The summed E-state index contributed by atoms with van der Waals surface area (Å²) in [6.07, 6.45) is 3.40. The van der Waals surface area contributed by atoms with E-state index in [0.29, 0.717) is 50.0 Å². The molecule has 0 spiro atoms. The van der Waals surface area contributed by atoms with Crippen molar-refractivity contribution in [2.75, 3.05) is 19.6 Å². The third kappa shape index (κ3) is 4.99. The molecule has 1 aromatic heterocycles. The fraction of sp³-hybridized carbons (Fsp3) is 0.789. The predicted molar refractivity (Wildman–Crippen MR) is 98.0 cm³/mol. The van der Waals surface area contributed by atoms with Gasteiger partial charge in [-0.05, 0) is 52.9 Å². The third-order valence-electron chi connectivity index (χ3n) is 5.19. The van der Waals surface area contributed by atoms with Crippen LogP contribution in [0.25, 0.3) is 0 Å². The molecule has 0 radical (unpaired) electrons. The predicted octanol–water partition coefficient (Wildman–Crippen LogP) is 2.56. The second-order valence-corrected chi connectivity index (χ2v) is 8.51. The Kier molecular flexibility index (Phi) is 5.72. The van der Waals surface area contributed by atoms with E-state index in [2.05, 4.69) is 10.1 Å². The molecular weight excluding hydrogens is 348 g/mol. The van der Waals surface area contributed by atoms with Crippen LogP contribution in [-0.2, 0) is 16.0 Å². The molecule has 0 unspecified atom stereocenters. The van der Waals surface area contributed by atoms with Crippen LogP contribution in [0.3, 0.4) is 0 Å². The second kappa shape index (κ2) is 7.86. The van der Waals surface area contributed by atoms with Crippen molar-refractivity contribution in [3.63, 3.8) is 0 Å². The molecular formula is C19H30N4O4. The van der Waals surface area contributed by atoms with Crippen LogP contribution in [0.1, 0.15) is 58.2 Å². The lowest BCUT2D eigenvalue weighted by Crippen LogP contribution is -2.52. The first-order chi connectivity index (χ1) is 12.7. The van der Waals surface area contributed by atoms with E-state index >= 15 is 0 Å². The zero-order chi connectivity index (χ0) is 19.6. The van der Waals surface area contributed by atoms with E-state index in [1.807, 2.05) is 30.6 Å². The molecule has 150 valence electrons. The largest absolute Gasteiger partial charge is 0.444 e. The van der Waals surface area contributed by atoms with E-state index in [9.17, 15) is 9.59 Å². The van der Waals surface area contributed by atoms with Crippen LogP contribution < -0.4 is 0 Å². The smallest absolute Gasteiger partial charge is 0.410 e. The molecule has 3 heterocycles. The first-order valence-electron chi connectivity index (χ1n) is 9.79. The number of fused-ring (bicyclic) bond motifs is 1. The first kappa shape index (κ1) is 19.6. The average molecular weight is 378 g/mol. The SMILES string of the molecule is Cc1noc(CCCC(=O)N2CC[C@H]3CCN(C(=O)OC(C)(C)C)[C@@H]3C2)n1. The number of hydrogen-bond acceptors (Lipinski definition) is 6. The number of carbonyl (C=O) groups excluding carboxylic acids is 2. The Morgan fingerprint density at radius 2 is 2.00 bits per heavy atom. The van der Waals surface area contributed by atoms with Crippen molar-refractivity contribution in [2.45, 2.75) is 71.4 Å². The Morgan fingerprint density at radius 3 is 2.67 bits per heavy atom. The normalized spacial score (nSPS) is 22.7. The topological polar surface area (TPSA) is 88.8 Å². The Balaban J connectivity index is 1.51. The zero-order valence-corrected chi connectivity index (χ0v) is 16.7. The maximum atomic E-state index is 12.6. The highest BCUT2D eigenvalue weighted by Crippen LogP contribution is 2.33. The summed E-state index contributed by atoms with van der Waals surface area (Å²) in [6.45, 7) is 9.48. The van der Waals surface area contributed by atoms with Crippen LogP contribution in [0.2, 0.25) is 0 Å². The molecule has 8 heteroatoms. The number of likely N-dealkylation sites (tertiary alicyclic amines) is 2. The molecule has 0 saturated carbocycles. The van der Waals surface area contributed by atoms with Gasteiger partial charge in [0.25, 0.3) is 0 Å². The Hall–Kier alpha value is -2.12. The van der Waals surface area contributed by atoms with Gasteiger partial charge in [-0.25, -0.2) is 4.79 Å². The van der Waals surface area contributed by atoms with Gasteiger partial charge in [-0.1, -0.05) is 5.16 Å². The number of hydrogen-bond donors (Lipinski definition) is 0. The summed E-state index contributed by atoms with van der Waals surface area (Å²) in [7, 11) is 0. The van der Waals surface area contributed by atoms with Crippen molar-refractivity contribution in [1.29, 1.82) is 0 Å². The van der Waals surface area contributed by atoms with Crippen molar-refractivity contribution < 1.29 is 18.8 Å². The highest BCUT2D eigenvalue weighted by molar-refractivity contribution is 5.76. The number of rotatable bonds is 4. The molecule has 1 aromatic rings. The molecule has 0 N–H and O–H groups in total. The molecule has 2 atom stereocenters. The number of piperidine rings is 1. The van der Waals surface area contributed by atoms with Crippen LogP contribution in [0, 0.1) is 12.8 Å². The summed E-state index contributed by atoms with van der Waals surface area (Å²) >= 11 is 0. The Morgan fingerprint density at radius 1 is 1.26 bits per heavy atom. The lowest BCUT2D eigenvalue weighted by atomic mass is 9.92. The van der Waals surface area contributed by atoms with Crippen LogP contribution >= 0.6 is 0 Å². The third-order valence-corrected chi connectivity index (χ3v) is 5.19. The van der Waals surface area contributed by atoms with E-state index in [-0.39, 0.29) is 18.0 Å². The van der Waals surface area contributed by atoms with Crippen molar-refractivity contribution >= 4 is 12.0 Å². The molecule has 0 aromatic carbocycles. The maximum Gasteiger partial charge on any atom is 0.410 e. The zero-order valence-electron chi connectivity index (χ0n) is 16.7. The lowest BCUT2D eigenvalue weighted by molar-refractivity contribution is -0.133. The van der Waals surface area contributed by atoms with Gasteiger partial charge < -0.3 is 19.1 Å². The Bertz CT molecular complexity index is 681. The average Bonchev–Trinajstić information content (AvgIpc) is 3.18. The summed E-state index contributed by atoms with van der Waals surface area (Å²) in [6, 6.07) is 0.0659. The van der Waals surface area contributed by atoms with Crippen LogP contribution in [0.15, 0.2) is 4.52 Å². The van der Waals surface area contributed by atoms with Gasteiger partial charge in [0.2, 0.25) is 11.8 Å². The minimum atomic E-state index is -0.507. The standard InChI is InChI=1S/C19H30N4O4/c1-13-20-16(27-21-13)6-5-7-17(24)22-10-8-14-9-11-23(15(14)12-22)18(25)26-19(2,3)4/h14-15H,5-12H2,1-4H3/t14-,15+/m0/s1. The molecule has 27 heavy (non-hydrogen) atoms. The Labute approximate surface area is 160 Å². The molecule has 8 nitrogen and oxygen atoms in total. The van der Waals surface area contributed by atoms with Crippen LogP contribution in [0.4, 0.5) is 4.79 Å². The second-order valence-electron chi connectivity index (χ2n) is 8.51. The number of nitrogens with zero attached hydrogens (tertiary/aromatic N) is 4. The quantitative estimate of drug-likeness (QED) is 0.800. The number of carbonyl (C=O) groups is 2. The number of amides is 2. The fourth-order valence-electron chi connectivity index (χ4n) is 3.90. The van der Waals surface area contributed by atoms with Gasteiger partial charge in [-0.15, -0.1) is 0 Å². The van der Waals surface area contributed by atoms with Gasteiger partial charge in [-0.3, -0.25) is 4.79 Å². The molecule has 2 amide bonds. The maximum absolute atomic E-state index is 12.6. The summed E-state index contributed by atoms with van der Waals surface area (Å²) in [5.41, 5.74) is -0.507. The van der Waals surface area contributed by atoms with Gasteiger partial charge in [0, 0.05) is 32.5 Å². The van der Waals surface area contributed by atoms with Crippen molar-refractivity contribution in [1.82, 2.24) is 19.9 Å². The van der Waals surface area contributed by atoms with Crippen LogP contribution in [-0.4, -0.2) is 63.2 Å². The number of aromatic nitrogens is 2. The van der Waals surface area contributed by atoms with Crippen molar-refractivity contribution in [3.05, 3.63) is 11.7 Å². The summed E-state index contributed by atoms with van der Waals surface area (Å²) in [5, 5.41) is 3.76. The van der Waals surface area contributed by atoms with E-state index in [0.717, 1.165) is 19.4 Å². The molecule has 3 rings (SSSR count). The van der Waals surface area contributed by atoms with E-state index in [1.54, 1.807) is 6.92 Å². The van der Waals surface area contributed by atoms with Crippen LogP contribution in [0.5, 0.6) is 0 Å². The van der Waals surface area contributed by atoms with E-state index in [1.165, 1.54) is 0 Å². The molecule has 0 aliphatic carbocycles. The molecule has 2 saturated heterocycles. The molecule has 2 fully saturated rings. The lowest BCUT2D eigenvalue weighted by Gasteiger charge is -2.38. The highest BCUT2D eigenvalue weighted by atomic mass is 16.6. The number of ether oxygens (including phenoxy) is 1. The first-order valence-corrected chi connectivity index (χ1v) is 9.79. The molecule has 2 aliphatic heterocycles. The van der Waals surface area contributed by atoms with Gasteiger partial charge in [0.05, 0.1) is 6.04 Å². The van der Waals surface area contributed by atoms with Gasteiger partial charge >= 0.3 is 6.09 Å². The summed E-state index contributed by atoms with van der Waals surface area (Å²) in [4.78, 5) is 33.0. The fourth-order valence-corrected chi connectivity index (χ4v) is 3.90. The van der Waals surface area contributed by atoms with Gasteiger partial charge in [-0.2, -0.15) is 4.98 Å². The monoisotopic (exact) mass is 378 g/mol. The minimum Gasteiger partial charge on any atom is -0.444 e. The van der Waals surface area contributed by atoms with E-state index < -0.39 is 5.60 Å². The van der Waals surface area contributed by atoms with E-state index in [4.69, 9.17) is 9.26 Å². The molecule has 0 bridgehead atoms.